The number of carbonyl (C=O) groups excluding carboxylic acids is 1. The number of sulfone groups is 1. The molecule has 0 atom stereocenters. The standard InChI is InChI=1S/C17H16N2O3S3/c1-3-25(21,22)13-7-4-11(5-8-13)16(20)18-12-6-9-14-15(10-12)24-17(19-14)23-2/h4-10H,3H2,1-2H3,(H,18,20). The van der Waals surface area contributed by atoms with Crippen LogP contribution in [0.25, 0.3) is 10.2 Å². The van der Waals surface area contributed by atoms with E-state index in [4.69, 9.17) is 0 Å². The quantitative estimate of drug-likeness (QED) is 0.663. The first-order chi connectivity index (χ1) is 11.9. The van der Waals surface area contributed by atoms with Gasteiger partial charge in [-0.05, 0) is 48.7 Å². The predicted octanol–water partition coefficient (Wildman–Crippen LogP) is 4.06. The van der Waals surface area contributed by atoms with Gasteiger partial charge in [0.2, 0.25) is 0 Å². The summed E-state index contributed by atoms with van der Waals surface area (Å²) in [6.45, 7) is 1.59. The number of fused-ring (bicyclic) bond motifs is 1. The zero-order valence-electron chi connectivity index (χ0n) is 13.6. The number of thioether (sulfide) groups is 1. The summed E-state index contributed by atoms with van der Waals surface area (Å²) in [5, 5.41) is 2.83. The Kier molecular flexibility index (Phi) is 5.12. The molecule has 2 aromatic carbocycles. The van der Waals surface area contributed by atoms with E-state index in [1.54, 1.807) is 36.1 Å². The van der Waals surface area contributed by atoms with Gasteiger partial charge >= 0.3 is 0 Å². The number of aromatic nitrogens is 1. The number of carbonyl (C=O) groups is 1. The van der Waals surface area contributed by atoms with E-state index in [9.17, 15) is 13.2 Å². The van der Waals surface area contributed by atoms with Gasteiger partial charge < -0.3 is 5.32 Å². The van der Waals surface area contributed by atoms with Gasteiger partial charge in [-0.1, -0.05) is 18.7 Å². The van der Waals surface area contributed by atoms with Gasteiger partial charge in [0, 0.05) is 11.3 Å². The Morgan fingerprint density at radius 1 is 1.20 bits per heavy atom. The molecule has 0 spiro atoms. The Morgan fingerprint density at radius 3 is 2.56 bits per heavy atom. The molecule has 0 aliphatic heterocycles. The van der Waals surface area contributed by atoms with Crippen LogP contribution in [0, 0.1) is 0 Å². The first-order valence-corrected chi connectivity index (χ1v) is 11.2. The Balaban J connectivity index is 1.80. The lowest BCUT2D eigenvalue weighted by Crippen LogP contribution is -2.12. The van der Waals surface area contributed by atoms with Crippen LogP contribution in [0.4, 0.5) is 5.69 Å². The molecular weight excluding hydrogens is 376 g/mol. The molecule has 0 radical (unpaired) electrons. The van der Waals surface area contributed by atoms with Crippen molar-refractivity contribution in [1.29, 1.82) is 0 Å². The molecule has 3 aromatic rings. The van der Waals surface area contributed by atoms with Gasteiger partial charge in [0.25, 0.3) is 5.91 Å². The average molecular weight is 393 g/mol. The summed E-state index contributed by atoms with van der Waals surface area (Å²) in [4.78, 5) is 17.1. The molecule has 0 aliphatic rings. The highest BCUT2D eigenvalue weighted by Gasteiger charge is 2.13. The van der Waals surface area contributed by atoms with E-state index in [-0.39, 0.29) is 16.6 Å². The lowest BCUT2D eigenvalue weighted by atomic mass is 10.2. The minimum Gasteiger partial charge on any atom is -0.322 e. The minimum atomic E-state index is -3.26. The van der Waals surface area contributed by atoms with Crippen LogP contribution in [-0.2, 0) is 9.84 Å². The van der Waals surface area contributed by atoms with Crippen molar-refractivity contribution >= 4 is 54.7 Å². The van der Waals surface area contributed by atoms with E-state index in [0.717, 1.165) is 14.6 Å². The zero-order valence-corrected chi connectivity index (χ0v) is 16.1. The highest BCUT2D eigenvalue weighted by molar-refractivity contribution is 8.00. The molecule has 130 valence electrons. The van der Waals surface area contributed by atoms with Crippen molar-refractivity contribution in [3.8, 4) is 0 Å². The van der Waals surface area contributed by atoms with E-state index in [1.165, 1.54) is 24.3 Å². The normalized spacial score (nSPS) is 11.6. The second-order valence-corrected chi connectivity index (χ2v) is 9.61. The molecule has 1 heterocycles. The molecule has 0 bridgehead atoms. The van der Waals surface area contributed by atoms with Crippen LogP contribution in [-0.4, -0.2) is 31.3 Å². The van der Waals surface area contributed by atoms with E-state index >= 15 is 0 Å². The summed E-state index contributed by atoms with van der Waals surface area (Å²) >= 11 is 3.16. The lowest BCUT2D eigenvalue weighted by Gasteiger charge is -2.06. The molecule has 0 saturated carbocycles. The number of thiazole rings is 1. The first kappa shape index (κ1) is 17.9. The molecule has 0 fully saturated rings. The van der Waals surface area contributed by atoms with Gasteiger partial charge in [0.05, 0.1) is 20.9 Å². The van der Waals surface area contributed by atoms with Crippen LogP contribution < -0.4 is 5.32 Å². The Labute approximate surface area is 154 Å². The van der Waals surface area contributed by atoms with Gasteiger partial charge in [-0.25, -0.2) is 13.4 Å². The van der Waals surface area contributed by atoms with E-state index < -0.39 is 9.84 Å². The fourth-order valence-electron chi connectivity index (χ4n) is 2.25. The van der Waals surface area contributed by atoms with Crippen LogP contribution in [0.5, 0.6) is 0 Å². The monoisotopic (exact) mass is 392 g/mol. The molecular formula is C17H16N2O3S3. The van der Waals surface area contributed by atoms with Crippen molar-refractivity contribution in [2.45, 2.75) is 16.2 Å². The summed E-state index contributed by atoms with van der Waals surface area (Å²) in [5.74, 6) is -0.250. The molecule has 8 heteroatoms. The molecule has 1 N–H and O–H groups in total. The molecule has 3 rings (SSSR count). The van der Waals surface area contributed by atoms with Crippen molar-refractivity contribution in [2.24, 2.45) is 0 Å². The maximum atomic E-state index is 12.4. The molecule has 0 unspecified atom stereocenters. The van der Waals surface area contributed by atoms with Crippen LogP contribution in [0.3, 0.4) is 0 Å². The fraction of sp³-hybridized carbons (Fsp3) is 0.176. The molecule has 25 heavy (non-hydrogen) atoms. The number of nitrogens with one attached hydrogen (secondary N) is 1. The second-order valence-electron chi connectivity index (χ2n) is 5.25. The summed E-state index contributed by atoms with van der Waals surface area (Å²) < 4.78 is 25.6. The predicted molar refractivity (Wildman–Crippen MR) is 104 cm³/mol. The smallest absolute Gasteiger partial charge is 0.255 e. The summed E-state index contributed by atoms with van der Waals surface area (Å²) in [5.41, 5.74) is 1.99. The highest BCUT2D eigenvalue weighted by atomic mass is 32.2. The fourth-order valence-corrected chi connectivity index (χ4v) is 4.66. The largest absolute Gasteiger partial charge is 0.322 e. The second kappa shape index (κ2) is 7.15. The number of rotatable bonds is 5. The summed E-state index contributed by atoms with van der Waals surface area (Å²) in [7, 11) is -3.26. The average Bonchev–Trinajstić information content (AvgIpc) is 3.04. The molecule has 1 amide bonds. The third kappa shape index (κ3) is 3.86. The van der Waals surface area contributed by atoms with Gasteiger partial charge in [-0.3, -0.25) is 4.79 Å². The van der Waals surface area contributed by atoms with Crippen LogP contribution in [0.2, 0.25) is 0 Å². The topological polar surface area (TPSA) is 76.1 Å². The summed E-state index contributed by atoms with van der Waals surface area (Å²) in [6.07, 6.45) is 1.98. The molecule has 0 saturated heterocycles. The van der Waals surface area contributed by atoms with Gasteiger partial charge in [0.1, 0.15) is 0 Å². The third-order valence-corrected chi connectivity index (χ3v) is 7.41. The first-order valence-electron chi connectivity index (χ1n) is 7.51. The van der Waals surface area contributed by atoms with Crippen molar-refractivity contribution in [2.75, 3.05) is 17.3 Å². The van der Waals surface area contributed by atoms with Crippen LogP contribution in [0.1, 0.15) is 17.3 Å². The van der Waals surface area contributed by atoms with E-state index in [0.29, 0.717) is 11.3 Å². The van der Waals surface area contributed by atoms with Gasteiger partial charge in [-0.15, -0.1) is 11.3 Å². The molecule has 0 aliphatic carbocycles. The minimum absolute atomic E-state index is 0.0332. The number of benzene rings is 2. The Morgan fingerprint density at radius 2 is 1.92 bits per heavy atom. The number of amides is 1. The SMILES string of the molecule is CCS(=O)(=O)c1ccc(C(=O)Nc2ccc3nc(SC)sc3c2)cc1. The van der Waals surface area contributed by atoms with Crippen molar-refractivity contribution in [3.63, 3.8) is 0 Å². The van der Waals surface area contributed by atoms with Gasteiger partial charge in [-0.2, -0.15) is 0 Å². The van der Waals surface area contributed by atoms with Crippen molar-refractivity contribution < 1.29 is 13.2 Å². The number of nitrogens with zero attached hydrogens (tertiary/aromatic N) is 1. The van der Waals surface area contributed by atoms with Crippen molar-refractivity contribution in [3.05, 3.63) is 48.0 Å². The van der Waals surface area contributed by atoms with E-state index in [1.807, 2.05) is 18.4 Å². The van der Waals surface area contributed by atoms with Crippen LogP contribution >= 0.6 is 23.1 Å². The van der Waals surface area contributed by atoms with E-state index in [2.05, 4.69) is 10.3 Å². The van der Waals surface area contributed by atoms with Crippen molar-refractivity contribution in [1.82, 2.24) is 4.98 Å². The third-order valence-electron chi connectivity index (χ3n) is 3.66. The summed E-state index contributed by atoms with van der Waals surface area (Å²) in [6, 6.07) is 11.5. The van der Waals surface area contributed by atoms with Crippen LogP contribution in [0.15, 0.2) is 51.7 Å². The lowest BCUT2D eigenvalue weighted by molar-refractivity contribution is 0.102. The molecule has 1 aromatic heterocycles. The maximum absolute atomic E-state index is 12.4. The number of anilines is 1. The maximum Gasteiger partial charge on any atom is 0.255 e. The Bertz CT molecular complexity index is 1020. The number of hydrogen-bond donors (Lipinski definition) is 1. The number of hydrogen-bond acceptors (Lipinski definition) is 6. The highest BCUT2D eigenvalue weighted by Crippen LogP contribution is 2.30. The van der Waals surface area contributed by atoms with Gasteiger partial charge in [0.15, 0.2) is 14.2 Å². The molecule has 5 nitrogen and oxygen atoms in total. The Hall–Kier alpha value is -1.90. The zero-order chi connectivity index (χ0) is 18.0.